The van der Waals surface area contributed by atoms with Crippen molar-refractivity contribution in [3.8, 4) is 0 Å². The molecule has 0 aromatic rings. The third kappa shape index (κ3) is 8.76. The second kappa shape index (κ2) is 12.2. The highest BCUT2D eigenvalue weighted by atomic mass is 19.4. The van der Waals surface area contributed by atoms with E-state index in [1.807, 2.05) is 6.92 Å². The Hall–Kier alpha value is -0.290. The Balaban J connectivity index is 2.31. The molecule has 0 aromatic heterocycles. The molecule has 25 heavy (non-hydrogen) atoms. The van der Waals surface area contributed by atoms with Crippen LogP contribution in [0.4, 0.5) is 13.2 Å². The zero-order valence-electron chi connectivity index (χ0n) is 16.2. The van der Waals surface area contributed by atoms with Gasteiger partial charge in [0.05, 0.1) is 0 Å². The van der Waals surface area contributed by atoms with Crippen LogP contribution in [0.5, 0.6) is 0 Å². The summed E-state index contributed by atoms with van der Waals surface area (Å²) in [6.07, 6.45) is 6.40. The summed E-state index contributed by atoms with van der Waals surface area (Å²) < 4.78 is 40.4. The average Bonchev–Trinajstić information content (AvgIpc) is 2.59. The summed E-state index contributed by atoms with van der Waals surface area (Å²) in [4.78, 5) is 1.64. The maximum atomic E-state index is 13.5. The van der Waals surface area contributed by atoms with Gasteiger partial charge in [0, 0.05) is 6.61 Å². The maximum Gasteiger partial charge on any atom is 0.404 e. The van der Waals surface area contributed by atoms with Crippen molar-refractivity contribution in [3.63, 3.8) is 0 Å². The van der Waals surface area contributed by atoms with E-state index < -0.39 is 12.2 Å². The predicted molar refractivity (Wildman–Crippen MR) is 97.6 cm³/mol. The Morgan fingerprint density at radius 3 is 1.96 bits per heavy atom. The first-order chi connectivity index (χ1) is 11.9. The molecule has 0 aliphatic carbocycles. The van der Waals surface area contributed by atoms with Gasteiger partial charge in [0.25, 0.3) is 0 Å². The summed E-state index contributed by atoms with van der Waals surface area (Å²) in [7, 11) is 0. The van der Waals surface area contributed by atoms with Gasteiger partial charge in [-0.3, -0.25) is 4.90 Å². The number of likely N-dealkylation sites (tertiary alicyclic amines) is 1. The number of aliphatic hydroxyl groups excluding tert-OH is 1. The number of hydrogen-bond donors (Lipinski definition) is 1. The third-order valence-electron chi connectivity index (χ3n) is 5.82. The molecule has 0 bridgehead atoms. The van der Waals surface area contributed by atoms with Crippen LogP contribution in [0.1, 0.15) is 84.5 Å². The average molecular weight is 366 g/mol. The molecule has 2 nitrogen and oxygen atoms in total. The van der Waals surface area contributed by atoms with E-state index in [2.05, 4.69) is 6.92 Å². The van der Waals surface area contributed by atoms with Gasteiger partial charge in [0.2, 0.25) is 0 Å². The predicted octanol–water partition coefficient (Wildman–Crippen LogP) is 5.79. The Morgan fingerprint density at radius 2 is 1.48 bits per heavy atom. The van der Waals surface area contributed by atoms with E-state index in [0.29, 0.717) is 25.4 Å². The topological polar surface area (TPSA) is 23.5 Å². The van der Waals surface area contributed by atoms with Crippen LogP contribution >= 0.6 is 0 Å². The minimum atomic E-state index is -4.13. The van der Waals surface area contributed by atoms with E-state index in [1.54, 1.807) is 4.90 Å². The quantitative estimate of drug-likeness (QED) is 0.443. The lowest BCUT2D eigenvalue weighted by molar-refractivity contribution is -0.189. The van der Waals surface area contributed by atoms with Gasteiger partial charge in [0.15, 0.2) is 0 Å². The van der Waals surface area contributed by atoms with Crippen LogP contribution in [-0.2, 0) is 0 Å². The minimum absolute atomic E-state index is 0.131. The summed E-state index contributed by atoms with van der Waals surface area (Å²) in [5.41, 5.74) is 0. The molecule has 2 atom stereocenters. The molecule has 0 amide bonds. The fraction of sp³-hybridized carbons (Fsp3) is 1.00. The summed E-state index contributed by atoms with van der Waals surface area (Å²) in [5.74, 6) is 0.553. The maximum absolute atomic E-state index is 13.5. The fourth-order valence-electron chi connectivity index (χ4n) is 3.97. The van der Waals surface area contributed by atoms with E-state index >= 15 is 0 Å². The van der Waals surface area contributed by atoms with Gasteiger partial charge in [-0.15, -0.1) is 0 Å². The number of unbranched alkanes of at least 4 members (excludes halogenated alkanes) is 7. The Morgan fingerprint density at radius 1 is 0.960 bits per heavy atom. The first-order valence-corrected chi connectivity index (χ1v) is 10.3. The zero-order chi connectivity index (χ0) is 18.7. The molecular weight excluding hydrogens is 327 g/mol. The largest absolute Gasteiger partial charge is 0.404 e. The number of rotatable bonds is 12. The van der Waals surface area contributed by atoms with Crippen molar-refractivity contribution in [1.29, 1.82) is 0 Å². The summed E-state index contributed by atoms with van der Waals surface area (Å²) in [6.45, 7) is 5.32. The van der Waals surface area contributed by atoms with Crippen LogP contribution < -0.4 is 0 Å². The van der Waals surface area contributed by atoms with Crippen LogP contribution in [0, 0.1) is 11.8 Å². The number of halogens is 3. The van der Waals surface area contributed by atoms with Crippen molar-refractivity contribution in [2.75, 3.05) is 19.7 Å². The Kier molecular flexibility index (Phi) is 11.1. The lowest BCUT2D eigenvalue weighted by Gasteiger charge is -2.39. The van der Waals surface area contributed by atoms with Gasteiger partial charge < -0.3 is 5.11 Å². The third-order valence-corrected chi connectivity index (χ3v) is 5.82. The van der Waals surface area contributed by atoms with Crippen molar-refractivity contribution >= 4 is 0 Å². The minimum Gasteiger partial charge on any atom is -0.396 e. The number of nitrogens with zero attached hydrogens (tertiary/aromatic N) is 1. The molecule has 0 spiro atoms. The molecule has 0 aromatic carbocycles. The van der Waals surface area contributed by atoms with Crippen LogP contribution in [-0.4, -0.2) is 41.9 Å². The van der Waals surface area contributed by atoms with Crippen LogP contribution in [0.2, 0.25) is 0 Å². The first-order valence-electron chi connectivity index (χ1n) is 10.3. The molecule has 0 saturated carbocycles. The van der Waals surface area contributed by atoms with E-state index in [1.165, 1.54) is 25.7 Å². The van der Waals surface area contributed by atoms with Crippen LogP contribution in [0.25, 0.3) is 0 Å². The monoisotopic (exact) mass is 365 g/mol. The molecule has 5 heteroatoms. The standard InChI is InChI=1S/C20H38F3NO/c1-3-4-5-6-7-8-9-10-11-19(20(21,22)23)24-14-12-18(13-15-24)17(2)16-25/h17-19,25H,3-16H2,1-2H3. The van der Waals surface area contributed by atoms with Crippen LogP contribution in [0.3, 0.4) is 0 Å². The van der Waals surface area contributed by atoms with Crippen LogP contribution in [0.15, 0.2) is 0 Å². The van der Waals surface area contributed by atoms with Gasteiger partial charge >= 0.3 is 6.18 Å². The summed E-state index contributed by atoms with van der Waals surface area (Å²) >= 11 is 0. The molecule has 1 rings (SSSR count). The van der Waals surface area contributed by atoms with Gasteiger partial charge in [-0.1, -0.05) is 65.2 Å². The molecule has 1 aliphatic heterocycles. The Bertz CT molecular complexity index is 327. The Labute approximate surface area is 152 Å². The zero-order valence-corrected chi connectivity index (χ0v) is 16.2. The first kappa shape index (κ1) is 22.8. The number of piperidine rings is 1. The number of aliphatic hydroxyl groups is 1. The highest BCUT2D eigenvalue weighted by Gasteiger charge is 2.43. The van der Waals surface area contributed by atoms with Gasteiger partial charge in [-0.2, -0.15) is 13.2 Å². The van der Waals surface area contributed by atoms with E-state index in [0.717, 1.165) is 32.1 Å². The highest BCUT2D eigenvalue weighted by molar-refractivity contribution is 4.84. The van der Waals surface area contributed by atoms with Crippen molar-refractivity contribution in [1.82, 2.24) is 4.90 Å². The molecular formula is C20H38F3NO. The molecule has 0 radical (unpaired) electrons. The molecule has 1 heterocycles. The van der Waals surface area contributed by atoms with E-state index in [-0.39, 0.29) is 18.9 Å². The number of hydrogen-bond acceptors (Lipinski definition) is 2. The molecule has 1 N–H and O–H groups in total. The van der Waals surface area contributed by atoms with Gasteiger partial charge in [0.1, 0.15) is 6.04 Å². The normalized spacial score (nSPS) is 19.9. The van der Waals surface area contributed by atoms with Crippen molar-refractivity contribution in [3.05, 3.63) is 0 Å². The van der Waals surface area contributed by atoms with E-state index in [4.69, 9.17) is 0 Å². The van der Waals surface area contributed by atoms with Crippen molar-refractivity contribution in [2.24, 2.45) is 11.8 Å². The second-order valence-corrected chi connectivity index (χ2v) is 7.85. The van der Waals surface area contributed by atoms with Gasteiger partial charge in [-0.25, -0.2) is 0 Å². The summed E-state index contributed by atoms with van der Waals surface area (Å²) in [5, 5.41) is 9.23. The van der Waals surface area contributed by atoms with Crippen molar-refractivity contribution in [2.45, 2.75) is 96.7 Å². The smallest absolute Gasteiger partial charge is 0.396 e. The molecule has 1 fully saturated rings. The molecule has 1 saturated heterocycles. The SMILES string of the molecule is CCCCCCCCCCC(N1CCC(C(C)CO)CC1)C(F)(F)F. The fourth-order valence-corrected chi connectivity index (χ4v) is 3.97. The van der Waals surface area contributed by atoms with Gasteiger partial charge in [-0.05, 0) is 44.2 Å². The second-order valence-electron chi connectivity index (χ2n) is 7.85. The van der Waals surface area contributed by atoms with E-state index in [9.17, 15) is 18.3 Å². The lowest BCUT2D eigenvalue weighted by atomic mass is 9.85. The molecule has 150 valence electrons. The summed E-state index contributed by atoms with van der Waals surface area (Å²) in [6, 6.07) is -1.28. The number of alkyl halides is 3. The lowest BCUT2D eigenvalue weighted by Crippen LogP contribution is -2.49. The molecule has 1 aliphatic rings. The molecule has 2 unspecified atom stereocenters. The highest BCUT2D eigenvalue weighted by Crippen LogP contribution is 2.33. The van der Waals surface area contributed by atoms with Crippen molar-refractivity contribution < 1.29 is 18.3 Å².